The highest BCUT2D eigenvalue weighted by molar-refractivity contribution is 7.85. The Balaban J connectivity index is 1.01. The van der Waals surface area contributed by atoms with Crippen LogP contribution in [0.3, 0.4) is 0 Å². The van der Waals surface area contributed by atoms with E-state index >= 15 is 0 Å². The number of allylic oxidation sites excluding steroid dienone is 9. The third-order valence-electron chi connectivity index (χ3n) is 13.3. The van der Waals surface area contributed by atoms with Crippen molar-refractivity contribution in [2.45, 2.75) is 103 Å². The van der Waals surface area contributed by atoms with E-state index < -0.39 is 10.1 Å². The zero-order valence-corrected chi connectivity index (χ0v) is 39.5. The van der Waals surface area contributed by atoms with Crippen LogP contribution < -0.4 is 10.2 Å². The number of hydrogen-bond donors (Lipinski definition) is 1. The molecule has 0 bridgehead atoms. The Bertz CT molecular complexity index is 2690. The Morgan fingerprint density at radius 3 is 2.20 bits per heavy atom. The van der Waals surface area contributed by atoms with E-state index in [0.29, 0.717) is 38.8 Å². The molecule has 0 saturated carbocycles. The second-order valence-electron chi connectivity index (χ2n) is 18.6. The summed E-state index contributed by atoms with van der Waals surface area (Å²) in [5.41, 5.74) is 6.75. The Kier molecular flexibility index (Phi) is 15.4. The predicted octanol–water partition coefficient (Wildman–Crippen LogP) is 10.7. The standard InChI is InChI=1S/C55H66N4O5S/c1-54(2)48(28-12-7-5-8-13-29-49-55(3,4)53-45-27-18-16-25-43(45)32-34-47(53)59(49)40-22-23-41-65(62,63)64)58(46-33-31-42-24-15-17-26-44(42)52(46)54)39-21-11-14-30-50(60)56-36-35-51(61)57-37-19-9-6-10-20-38-57/h5-9,12-13,15-18,24-29,31-34H,10-11,14,19-23,30,35-41H2,1-4H3,(H-,56,60,62,63,64)/b9-6-. The maximum Gasteiger partial charge on any atom is 0.224 e. The van der Waals surface area contributed by atoms with Gasteiger partial charge in [-0.05, 0) is 104 Å². The van der Waals surface area contributed by atoms with Crippen LogP contribution in [0.25, 0.3) is 21.5 Å². The number of rotatable bonds is 18. The first kappa shape index (κ1) is 47.4. The quantitative estimate of drug-likeness (QED) is 0.0350. The molecule has 2 amide bonds. The minimum absolute atomic E-state index is 0.00876. The first-order valence-electron chi connectivity index (χ1n) is 23.6. The second-order valence-corrected chi connectivity index (χ2v) is 20.2. The van der Waals surface area contributed by atoms with E-state index in [0.717, 1.165) is 69.5 Å². The van der Waals surface area contributed by atoms with Gasteiger partial charge in [0.25, 0.3) is 0 Å². The molecule has 0 atom stereocenters. The van der Waals surface area contributed by atoms with Gasteiger partial charge >= 0.3 is 0 Å². The molecule has 0 unspecified atom stereocenters. The number of fused-ring (bicyclic) bond motifs is 6. The molecule has 342 valence electrons. The summed E-state index contributed by atoms with van der Waals surface area (Å²) >= 11 is 0. The summed E-state index contributed by atoms with van der Waals surface area (Å²) in [5, 5.41) is 7.86. The van der Waals surface area contributed by atoms with Crippen molar-refractivity contribution < 1.29 is 27.1 Å². The Morgan fingerprint density at radius 2 is 1.43 bits per heavy atom. The minimum atomic E-state index is -4.26. The van der Waals surface area contributed by atoms with Crippen LogP contribution in [0.2, 0.25) is 0 Å². The highest BCUT2D eigenvalue weighted by Crippen LogP contribution is 2.51. The van der Waals surface area contributed by atoms with E-state index in [4.69, 9.17) is 0 Å². The van der Waals surface area contributed by atoms with Crippen LogP contribution in [-0.2, 0) is 30.5 Å². The molecule has 10 heteroatoms. The number of amides is 2. The third-order valence-corrected chi connectivity index (χ3v) is 14.1. The Morgan fingerprint density at radius 1 is 0.738 bits per heavy atom. The zero-order chi connectivity index (χ0) is 46.0. The third kappa shape index (κ3) is 11.3. The number of benzene rings is 4. The monoisotopic (exact) mass is 894 g/mol. The maximum absolute atomic E-state index is 12.7. The van der Waals surface area contributed by atoms with Crippen LogP contribution in [0.1, 0.15) is 103 Å². The van der Waals surface area contributed by atoms with Gasteiger partial charge in [-0.1, -0.05) is 111 Å². The van der Waals surface area contributed by atoms with Gasteiger partial charge in [-0.15, -0.1) is 0 Å². The van der Waals surface area contributed by atoms with Gasteiger partial charge in [-0.2, -0.15) is 4.58 Å². The normalized spacial score (nSPS) is 18.3. The number of nitrogens with zero attached hydrogens (tertiary/aromatic N) is 3. The minimum Gasteiger partial charge on any atom is -0.748 e. The summed E-state index contributed by atoms with van der Waals surface area (Å²) < 4.78 is 36.5. The Hall–Kier alpha value is -5.58. The van der Waals surface area contributed by atoms with Gasteiger partial charge in [0.05, 0.1) is 15.5 Å². The number of hydrogen-bond acceptors (Lipinski definition) is 6. The fourth-order valence-corrected chi connectivity index (χ4v) is 10.7. The van der Waals surface area contributed by atoms with E-state index in [1.807, 2.05) is 17.1 Å². The van der Waals surface area contributed by atoms with Gasteiger partial charge in [0, 0.05) is 85.7 Å². The summed E-state index contributed by atoms with van der Waals surface area (Å²) in [6.07, 6.45) is 26.3. The van der Waals surface area contributed by atoms with Crippen molar-refractivity contribution >= 4 is 60.6 Å². The molecule has 0 aliphatic carbocycles. The number of carbonyl (C=O) groups is 2. The highest BCUT2D eigenvalue weighted by Gasteiger charge is 2.45. The fraction of sp³-hybridized carbons (Fsp3) is 0.400. The summed E-state index contributed by atoms with van der Waals surface area (Å²) in [5.74, 6) is -0.226. The average Bonchev–Trinajstić information content (AvgIpc) is 3.62. The summed E-state index contributed by atoms with van der Waals surface area (Å²) in [4.78, 5) is 29.7. The molecule has 1 N–H and O–H groups in total. The summed E-state index contributed by atoms with van der Waals surface area (Å²) in [6, 6.07) is 25.8. The molecule has 0 aromatic heterocycles. The lowest BCUT2D eigenvalue weighted by Gasteiger charge is -2.27. The molecule has 3 aliphatic heterocycles. The molecule has 0 radical (unpaired) electrons. The molecule has 0 spiro atoms. The van der Waals surface area contributed by atoms with E-state index in [1.165, 1.54) is 44.1 Å². The molecule has 9 nitrogen and oxygen atoms in total. The van der Waals surface area contributed by atoms with E-state index in [-0.39, 0.29) is 28.4 Å². The van der Waals surface area contributed by atoms with Crippen molar-refractivity contribution in [2.24, 2.45) is 0 Å². The van der Waals surface area contributed by atoms with Crippen molar-refractivity contribution in [2.75, 3.05) is 43.4 Å². The van der Waals surface area contributed by atoms with E-state index in [2.05, 4.69) is 158 Å². The van der Waals surface area contributed by atoms with Crippen molar-refractivity contribution in [3.63, 3.8) is 0 Å². The van der Waals surface area contributed by atoms with E-state index in [1.54, 1.807) is 0 Å². The SMILES string of the molecule is CC1(C)C(/C=C/C=C/C=C/C=C2\N(CCCCS(=O)(=O)[O-])c3ccc4ccccc4c3C2(C)C)=[N+](CCCCCC(=O)NCCC(=O)N2CC/C=C\CCC2)c2ccc3ccccc3c21. The average molecular weight is 895 g/mol. The predicted molar refractivity (Wildman–Crippen MR) is 266 cm³/mol. The zero-order valence-electron chi connectivity index (χ0n) is 38.7. The molecule has 7 rings (SSSR count). The van der Waals surface area contributed by atoms with Gasteiger partial charge < -0.3 is 19.7 Å². The lowest BCUT2D eigenvalue weighted by molar-refractivity contribution is -0.438. The molecule has 4 aromatic rings. The molecular weight excluding hydrogens is 829 g/mol. The summed E-state index contributed by atoms with van der Waals surface area (Å²) in [7, 11) is -4.26. The van der Waals surface area contributed by atoms with Crippen molar-refractivity contribution in [1.82, 2.24) is 10.2 Å². The Labute approximate surface area is 386 Å². The molecule has 4 aromatic carbocycles. The van der Waals surface area contributed by atoms with Gasteiger partial charge in [0.15, 0.2) is 5.71 Å². The number of nitrogens with one attached hydrogen (secondary N) is 1. The molecule has 0 fully saturated rings. The summed E-state index contributed by atoms with van der Waals surface area (Å²) in [6.45, 7) is 12.5. The lowest BCUT2D eigenvalue weighted by atomic mass is 9.79. The largest absolute Gasteiger partial charge is 0.748 e. The van der Waals surface area contributed by atoms with Crippen molar-refractivity contribution in [1.29, 1.82) is 0 Å². The maximum atomic E-state index is 12.7. The van der Waals surface area contributed by atoms with Gasteiger partial charge in [0.2, 0.25) is 17.5 Å². The second kappa shape index (κ2) is 21.2. The van der Waals surface area contributed by atoms with Crippen LogP contribution in [0.4, 0.5) is 11.4 Å². The molecule has 3 heterocycles. The van der Waals surface area contributed by atoms with Crippen LogP contribution in [0.15, 0.2) is 133 Å². The van der Waals surface area contributed by atoms with Gasteiger partial charge in [-0.25, -0.2) is 8.42 Å². The van der Waals surface area contributed by atoms with E-state index in [9.17, 15) is 22.6 Å². The smallest absolute Gasteiger partial charge is 0.224 e. The molecule has 0 saturated heterocycles. The number of anilines is 1. The number of unbranched alkanes of at least 4 members (excludes halogenated alkanes) is 3. The van der Waals surface area contributed by atoms with Crippen LogP contribution in [0, 0.1) is 0 Å². The first-order valence-corrected chi connectivity index (χ1v) is 25.2. The van der Waals surface area contributed by atoms with Crippen molar-refractivity contribution in [3.8, 4) is 0 Å². The molecule has 65 heavy (non-hydrogen) atoms. The van der Waals surface area contributed by atoms with Gasteiger partial charge in [-0.3, -0.25) is 9.59 Å². The topological polar surface area (TPSA) is 113 Å². The molecular formula is C55H66N4O5S. The lowest BCUT2D eigenvalue weighted by Crippen LogP contribution is -2.36. The fourth-order valence-electron chi connectivity index (χ4n) is 10.1. The first-order chi connectivity index (χ1) is 31.3. The number of carbonyl (C=O) groups excluding carboxylic acids is 2. The van der Waals surface area contributed by atoms with Crippen LogP contribution >= 0.6 is 0 Å². The van der Waals surface area contributed by atoms with Crippen LogP contribution in [-0.4, -0.2) is 78.4 Å². The van der Waals surface area contributed by atoms with Crippen LogP contribution in [0.5, 0.6) is 0 Å². The van der Waals surface area contributed by atoms with Crippen molar-refractivity contribution in [3.05, 3.63) is 144 Å². The highest BCUT2D eigenvalue weighted by atomic mass is 32.2. The molecule has 3 aliphatic rings. The van der Waals surface area contributed by atoms with Gasteiger partial charge in [0.1, 0.15) is 6.54 Å².